The first kappa shape index (κ1) is 11.3. The van der Waals surface area contributed by atoms with Gasteiger partial charge in [-0.2, -0.15) is 5.10 Å². The Hall–Kier alpha value is -1.81. The molecule has 0 bridgehead atoms. The number of nitrogens with two attached hydrogens (primary N) is 1. The van der Waals surface area contributed by atoms with E-state index in [0.717, 1.165) is 24.1 Å². The molecule has 2 aromatic rings. The average Bonchev–Trinajstić information content (AvgIpc) is 3.12. The smallest absolute Gasteiger partial charge is 0.121 e. The van der Waals surface area contributed by atoms with Crippen molar-refractivity contribution in [3.8, 4) is 11.3 Å². The summed E-state index contributed by atoms with van der Waals surface area (Å²) in [5, 5.41) is 4.37. The zero-order valence-electron chi connectivity index (χ0n) is 10.7. The number of hydrogen-bond acceptors (Lipinski definition) is 3. The number of nitrogen functional groups attached to an aromatic ring is 1. The lowest BCUT2D eigenvalue weighted by Gasteiger charge is -2.13. The van der Waals surface area contributed by atoms with Gasteiger partial charge in [-0.15, -0.1) is 0 Å². The van der Waals surface area contributed by atoms with Crippen LogP contribution in [0.2, 0.25) is 0 Å². The van der Waals surface area contributed by atoms with Crippen LogP contribution in [0, 0.1) is 0 Å². The van der Waals surface area contributed by atoms with Crippen LogP contribution in [0.5, 0.6) is 0 Å². The van der Waals surface area contributed by atoms with Crippen molar-refractivity contribution in [2.45, 2.75) is 18.4 Å². The molecule has 0 saturated heterocycles. The molecule has 94 valence electrons. The molecule has 0 unspecified atom stereocenters. The normalized spacial score (nSPS) is 16.8. The highest BCUT2D eigenvalue weighted by atomic mass is 16.5. The highest BCUT2D eigenvalue weighted by Gasteiger charge is 2.44. The third-order valence-electron chi connectivity index (χ3n) is 3.72. The summed E-state index contributed by atoms with van der Waals surface area (Å²) in [7, 11) is 3.62. The van der Waals surface area contributed by atoms with Crippen molar-refractivity contribution in [1.29, 1.82) is 0 Å². The fourth-order valence-electron chi connectivity index (χ4n) is 2.29. The highest BCUT2D eigenvalue weighted by molar-refractivity contribution is 5.62. The molecule has 1 aliphatic rings. The van der Waals surface area contributed by atoms with Gasteiger partial charge in [0.25, 0.3) is 0 Å². The lowest BCUT2D eigenvalue weighted by Crippen LogP contribution is -2.08. The summed E-state index contributed by atoms with van der Waals surface area (Å²) < 4.78 is 7.25. The summed E-state index contributed by atoms with van der Waals surface area (Å²) in [6, 6.07) is 10.3. The van der Waals surface area contributed by atoms with Crippen molar-refractivity contribution in [3.05, 3.63) is 35.9 Å². The number of benzene rings is 1. The molecule has 0 atom stereocenters. The predicted molar refractivity (Wildman–Crippen MR) is 71.0 cm³/mol. The maximum Gasteiger partial charge on any atom is 0.121 e. The maximum atomic E-state index is 5.79. The molecular weight excluding hydrogens is 226 g/mol. The van der Waals surface area contributed by atoms with E-state index < -0.39 is 0 Å². The Morgan fingerprint density at radius 1 is 1.28 bits per heavy atom. The minimum absolute atomic E-state index is 0.0261. The summed E-state index contributed by atoms with van der Waals surface area (Å²) in [5.41, 5.74) is 9.00. The molecule has 1 heterocycles. The van der Waals surface area contributed by atoms with E-state index in [1.165, 1.54) is 5.56 Å². The number of aryl methyl sites for hydroxylation is 1. The zero-order chi connectivity index (χ0) is 12.8. The van der Waals surface area contributed by atoms with Crippen molar-refractivity contribution >= 4 is 5.82 Å². The second kappa shape index (κ2) is 3.85. The van der Waals surface area contributed by atoms with Gasteiger partial charge in [0.1, 0.15) is 5.82 Å². The zero-order valence-corrected chi connectivity index (χ0v) is 10.7. The van der Waals surface area contributed by atoms with Crippen molar-refractivity contribution < 1.29 is 4.74 Å². The van der Waals surface area contributed by atoms with Gasteiger partial charge in [-0.05, 0) is 18.4 Å². The van der Waals surface area contributed by atoms with E-state index in [4.69, 9.17) is 10.5 Å². The lowest BCUT2D eigenvalue weighted by molar-refractivity contribution is 0.0789. The Morgan fingerprint density at radius 3 is 2.39 bits per heavy atom. The molecule has 3 rings (SSSR count). The van der Waals surface area contributed by atoms with Crippen molar-refractivity contribution in [1.82, 2.24) is 9.78 Å². The highest BCUT2D eigenvalue weighted by Crippen LogP contribution is 2.48. The SMILES string of the molecule is COC1(c2ccc(-c3cc(N)n(C)n3)cc2)CC1. The third-order valence-corrected chi connectivity index (χ3v) is 3.72. The van der Waals surface area contributed by atoms with Crippen molar-refractivity contribution in [2.24, 2.45) is 7.05 Å². The summed E-state index contributed by atoms with van der Waals surface area (Å²) in [6.07, 6.45) is 2.22. The third kappa shape index (κ3) is 1.69. The van der Waals surface area contributed by atoms with Crippen molar-refractivity contribution in [2.75, 3.05) is 12.8 Å². The van der Waals surface area contributed by atoms with Crippen LogP contribution in [0.15, 0.2) is 30.3 Å². The van der Waals surface area contributed by atoms with Crippen molar-refractivity contribution in [3.63, 3.8) is 0 Å². The van der Waals surface area contributed by atoms with E-state index >= 15 is 0 Å². The molecule has 1 fully saturated rings. The van der Waals surface area contributed by atoms with Gasteiger partial charge in [0, 0.05) is 25.8 Å². The standard InChI is InChI=1S/C14H17N3O/c1-17-13(15)9-12(16-17)10-3-5-11(6-4-10)14(18-2)7-8-14/h3-6,9H,7-8,15H2,1-2H3. The molecule has 18 heavy (non-hydrogen) atoms. The van der Waals surface area contributed by atoms with Crippen LogP contribution in [0.4, 0.5) is 5.82 Å². The van der Waals surface area contributed by atoms with Crippen LogP contribution < -0.4 is 5.73 Å². The minimum Gasteiger partial charge on any atom is -0.384 e. The minimum atomic E-state index is -0.0261. The number of anilines is 1. The molecule has 1 aromatic heterocycles. The van der Waals surface area contributed by atoms with Crippen LogP contribution in [-0.2, 0) is 17.4 Å². The fourth-order valence-corrected chi connectivity index (χ4v) is 2.29. The number of hydrogen-bond donors (Lipinski definition) is 1. The van der Waals surface area contributed by atoms with Gasteiger partial charge >= 0.3 is 0 Å². The summed E-state index contributed by atoms with van der Waals surface area (Å²) >= 11 is 0. The summed E-state index contributed by atoms with van der Waals surface area (Å²) in [4.78, 5) is 0. The molecule has 1 aliphatic carbocycles. The average molecular weight is 243 g/mol. The molecule has 0 aliphatic heterocycles. The van der Waals surface area contributed by atoms with E-state index in [9.17, 15) is 0 Å². The number of methoxy groups -OCH3 is 1. The molecule has 1 aromatic carbocycles. The van der Waals surface area contributed by atoms with Gasteiger partial charge in [0.2, 0.25) is 0 Å². The monoisotopic (exact) mass is 243 g/mol. The Morgan fingerprint density at radius 2 is 1.94 bits per heavy atom. The van der Waals surface area contributed by atoms with Crippen LogP contribution in [0.1, 0.15) is 18.4 Å². The molecule has 0 amide bonds. The Kier molecular flexibility index (Phi) is 2.41. The largest absolute Gasteiger partial charge is 0.384 e. The second-order valence-corrected chi connectivity index (χ2v) is 4.85. The van der Waals surface area contributed by atoms with Crippen LogP contribution >= 0.6 is 0 Å². The topological polar surface area (TPSA) is 53.1 Å². The molecule has 0 radical (unpaired) electrons. The molecule has 2 N–H and O–H groups in total. The van der Waals surface area contributed by atoms with Gasteiger partial charge in [0.15, 0.2) is 0 Å². The van der Waals surface area contributed by atoms with Crippen LogP contribution in [-0.4, -0.2) is 16.9 Å². The van der Waals surface area contributed by atoms with E-state index in [1.807, 2.05) is 13.1 Å². The molecule has 4 heteroatoms. The van der Waals surface area contributed by atoms with Gasteiger partial charge in [-0.1, -0.05) is 24.3 Å². The van der Waals surface area contributed by atoms with Crippen LogP contribution in [0.3, 0.4) is 0 Å². The Labute approximate surface area is 106 Å². The quantitative estimate of drug-likeness (QED) is 0.900. The Bertz CT molecular complexity index is 548. The molecule has 0 spiro atoms. The van der Waals surface area contributed by atoms with Gasteiger partial charge in [0.05, 0.1) is 11.3 Å². The predicted octanol–water partition coefficient (Wildman–Crippen LogP) is 2.30. The molecular formula is C14H17N3O. The molecule has 4 nitrogen and oxygen atoms in total. The Balaban J connectivity index is 1.91. The van der Waals surface area contributed by atoms with Gasteiger partial charge in [-0.3, -0.25) is 4.68 Å². The van der Waals surface area contributed by atoms with E-state index in [0.29, 0.717) is 5.82 Å². The summed E-state index contributed by atoms with van der Waals surface area (Å²) in [6.45, 7) is 0. The van der Waals surface area contributed by atoms with Gasteiger partial charge < -0.3 is 10.5 Å². The number of rotatable bonds is 3. The van der Waals surface area contributed by atoms with E-state index in [-0.39, 0.29) is 5.60 Å². The maximum absolute atomic E-state index is 5.79. The fraction of sp³-hybridized carbons (Fsp3) is 0.357. The molecule has 1 saturated carbocycles. The van der Waals surface area contributed by atoms with E-state index in [2.05, 4.69) is 29.4 Å². The lowest BCUT2D eigenvalue weighted by atomic mass is 10.0. The first-order valence-corrected chi connectivity index (χ1v) is 6.10. The number of ether oxygens (including phenoxy) is 1. The van der Waals surface area contributed by atoms with E-state index in [1.54, 1.807) is 11.8 Å². The first-order chi connectivity index (χ1) is 8.64. The van der Waals surface area contributed by atoms with Crippen LogP contribution in [0.25, 0.3) is 11.3 Å². The number of aromatic nitrogens is 2. The second-order valence-electron chi connectivity index (χ2n) is 4.85. The first-order valence-electron chi connectivity index (χ1n) is 6.10. The van der Waals surface area contributed by atoms with Gasteiger partial charge in [-0.25, -0.2) is 0 Å². The summed E-state index contributed by atoms with van der Waals surface area (Å²) in [5.74, 6) is 0.671. The number of nitrogens with zero attached hydrogens (tertiary/aromatic N) is 2.